The van der Waals surface area contributed by atoms with Gasteiger partial charge in [0, 0.05) is 18.8 Å². The third-order valence-corrected chi connectivity index (χ3v) is 3.85. The molecule has 0 saturated heterocycles. The maximum atomic E-state index is 13.3. The summed E-state index contributed by atoms with van der Waals surface area (Å²) in [6.07, 6.45) is -1.05. The zero-order valence-corrected chi connectivity index (χ0v) is 11.0. The molecule has 20 heavy (non-hydrogen) atoms. The second kappa shape index (κ2) is 5.01. The molecule has 1 aliphatic rings. The molecule has 2 rings (SSSR count). The lowest BCUT2D eigenvalue weighted by Crippen LogP contribution is -2.42. The first kappa shape index (κ1) is 14.7. The molecule has 0 heterocycles. The number of hydrogen-bond donors (Lipinski definition) is 2. The van der Waals surface area contributed by atoms with Gasteiger partial charge in [0.15, 0.2) is 5.60 Å². The van der Waals surface area contributed by atoms with Gasteiger partial charge in [-0.3, -0.25) is 0 Å². The lowest BCUT2D eigenvalue weighted by molar-refractivity contribution is -0.167. The average Bonchev–Trinajstić information content (AvgIpc) is 2.78. The first-order valence-electron chi connectivity index (χ1n) is 6.28. The van der Waals surface area contributed by atoms with Gasteiger partial charge in [-0.25, -0.2) is 13.6 Å². The van der Waals surface area contributed by atoms with Crippen LogP contribution in [0.2, 0.25) is 0 Å². The molecule has 2 N–H and O–H groups in total. The highest BCUT2D eigenvalue weighted by molar-refractivity contribution is 5.79. The highest BCUT2D eigenvalue weighted by atomic mass is 19.3. The summed E-state index contributed by atoms with van der Waals surface area (Å²) in [5.41, 5.74) is -2.21. The Morgan fingerprint density at radius 2 is 2.00 bits per heavy atom. The Bertz CT molecular complexity index is 500. The minimum absolute atomic E-state index is 0.0260. The number of aliphatic hydroxyl groups is 1. The van der Waals surface area contributed by atoms with Crippen LogP contribution in [0.3, 0.4) is 0 Å². The molecule has 0 amide bonds. The standard InChI is InChI=1S/C14H16F2O4/c1-20-11-4-2-9(3-5-11)14(19,12(17)18)10-6-7-13(15,16)8-10/h2-5,10,19H,6-8H2,1H3,(H,17,18)/t10-,14+/m1/s1. The van der Waals surface area contributed by atoms with E-state index in [1.807, 2.05) is 0 Å². The SMILES string of the molecule is COc1ccc([C@@](O)(C(=O)O)[C@@H]2CCC(F)(F)C2)cc1. The maximum Gasteiger partial charge on any atom is 0.340 e. The zero-order valence-electron chi connectivity index (χ0n) is 11.0. The summed E-state index contributed by atoms with van der Waals surface area (Å²) in [6.45, 7) is 0. The van der Waals surface area contributed by atoms with Gasteiger partial charge in [-0.1, -0.05) is 12.1 Å². The summed E-state index contributed by atoms with van der Waals surface area (Å²) in [5, 5.41) is 19.8. The first-order chi connectivity index (χ1) is 9.29. The van der Waals surface area contributed by atoms with E-state index in [2.05, 4.69) is 0 Å². The first-order valence-corrected chi connectivity index (χ1v) is 6.28. The summed E-state index contributed by atoms with van der Waals surface area (Å²) in [7, 11) is 1.45. The highest BCUT2D eigenvalue weighted by Crippen LogP contribution is 2.47. The molecule has 1 fully saturated rings. The Morgan fingerprint density at radius 3 is 2.40 bits per heavy atom. The van der Waals surface area contributed by atoms with Crippen molar-refractivity contribution in [2.24, 2.45) is 5.92 Å². The summed E-state index contributed by atoms with van der Waals surface area (Å²) in [4.78, 5) is 11.4. The molecular weight excluding hydrogens is 270 g/mol. The molecule has 0 bridgehead atoms. The van der Waals surface area contributed by atoms with Crippen LogP contribution in [-0.4, -0.2) is 29.2 Å². The molecule has 0 unspecified atom stereocenters. The number of alkyl halides is 2. The van der Waals surface area contributed by atoms with Crippen LogP contribution >= 0.6 is 0 Å². The van der Waals surface area contributed by atoms with E-state index in [9.17, 15) is 23.8 Å². The minimum Gasteiger partial charge on any atom is -0.497 e. The van der Waals surface area contributed by atoms with Crippen molar-refractivity contribution >= 4 is 5.97 Å². The predicted octanol–water partition coefficient (Wildman–Crippen LogP) is 2.40. The fraction of sp³-hybridized carbons (Fsp3) is 0.500. The van der Waals surface area contributed by atoms with Gasteiger partial charge in [0.25, 0.3) is 0 Å². The second-order valence-corrected chi connectivity index (χ2v) is 5.10. The molecule has 0 radical (unpaired) electrons. The average molecular weight is 286 g/mol. The van der Waals surface area contributed by atoms with Crippen molar-refractivity contribution in [3.63, 3.8) is 0 Å². The molecule has 1 aliphatic carbocycles. The molecule has 4 nitrogen and oxygen atoms in total. The second-order valence-electron chi connectivity index (χ2n) is 5.10. The molecule has 2 atom stereocenters. The monoisotopic (exact) mass is 286 g/mol. The van der Waals surface area contributed by atoms with E-state index in [0.29, 0.717) is 5.75 Å². The van der Waals surface area contributed by atoms with Crippen molar-refractivity contribution in [3.8, 4) is 5.75 Å². The minimum atomic E-state index is -2.92. The van der Waals surface area contributed by atoms with Gasteiger partial charge in [0.05, 0.1) is 7.11 Å². The van der Waals surface area contributed by atoms with Crippen LogP contribution in [0.1, 0.15) is 24.8 Å². The van der Waals surface area contributed by atoms with Crippen molar-refractivity contribution in [2.45, 2.75) is 30.8 Å². The van der Waals surface area contributed by atoms with E-state index in [4.69, 9.17) is 4.74 Å². The van der Waals surface area contributed by atoms with Crippen LogP contribution in [0.4, 0.5) is 8.78 Å². The molecule has 110 valence electrons. The molecule has 0 aliphatic heterocycles. The predicted molar refractivity (Wildman–Crippen MR) is 66.8 cm³/mol. The van der Waals surface area contributed by atoms with E-state index >= 15 is 0 Å². The van der Waals surface area contributed by atoms with Gasteiger partial charge < -0.3 is 14.9 Å². The van der Waals surface area contributed by atoms with Crippen molar-refractivity contribution in [1.29, 1.82) is 0 Å². The number of benzene rings is 1. The lowest BCUT2D eigenvalue weighted by Gasteiger charge is -2.30. The van der Waals surface area contributed by atoms with Gasteiger partial charge in [-0.15, -0.1) is 0 Å². The Hall–Kier alpha value is -1.69. The van der Waals surface area contributed by atoms with Gasteiger partial charge in [0.2, 0.25) is 5.92 Å². The van der Waals surface area contributed by atoms with E-state index in [-0.39, 0.29) is 12.0 Å². The Labute approximate surface area is 115 Å². The normalized spacial score (nSPS) is 24.1. The number of hydrogen-bond acceptors (Lipinski definition) is 3. The van der Waals surface area contributed by atoms with Crippen molar-refractivity contribution < 1.29 is 28.5 Å². The fourth-order valence-electron chi connectivity index (χ4n) is 2.69. The zero-order chi connectivity index (χ0) is 15.0. The van der Waals surface area contributed by atoms with Crippen molar-refractivity contribution in [1.82, 2.24) is 0 Å². The molecule has 0 aromatic heterocycles. The van der Waals surface area contributed by atoms with Crippen LogP contribution in [0.25, 0.3) is 0 Å². The number of ether oxygens (including phenoxy) is 1. The van der Waals surface area contributed by atoms with Crippen molar-refractivity contribution in [3.05, 3.63) is 29.8 Å². The number of carboxylic acid groups (broad SMARTS) is 1. The number of halogens is 2. The summed E-state index contributed by atoms with van der Waals surface area (Å²) < 4.78 is 31.5. The molecule has 0 spiro atoms. The fourth-order valence-corrected chi connectivity index (χ4v) is 2.69. The number of carboxylic acids is 1. The molecule has 6 heteroatoms. The number of methoxy groups -OCH3 is 1. The quantitative estimate of drug-likeness (QED) is 0.892. The van der Waals surface area contributed by atoms with E-state index < -0.39 is 36.3 Å². The topological polar surface area (TPSA) is 66.8 Å². The van der Waals surface area contributed by atoms with Gasteiger partial charge in [-0.05, 0) is 24.1 Å². The third-order valence-electron chi connectivity index (χ3n) is 3.85. The van der Waals surface area contributed by atoms with E-state index in [1.54, 1.807) is 0 Å². The van der Waals surface area contributed by atoms with Crippen LogP contribution in [-0.2, 0) is 10.4 Å². The highest BCUT2D eigenvalue weighted by Gasteiger charge is 2.53. The van der Waals surface area contributed by atoms with Crippen LogP contribution in [0.15, 0.2) is 24.3 Å². The molecule has 1 aromatic rings. The number of rotatable bonds is 4. The van der Waals surface area contributed by atoms with Crippen LogP contribution in [0, 0.1) is 5.92 Å². The summed E-state index contributed by atoms with van der Waals surface area (Å²) >= 11 is 0. The molecule has 1 aromatic carbocycles. The third kappa shape index (κ3) is 2.47. The molecule has 1 saturated carbocycles. The van der Waals surface area contributed by atoms with Gasteiger partial charge in [-0.2, -0.15) is 0 Å². The van der Waals surface area contributed by atoms with Crippen LogP contribution in [0.5, 0.6) is 5.75 Å². The smallest absolute Gasteiger partial charge is 0.340 e. The van der Waals surface area contributed by atoms with Gasteiger partial charge >= 0.3 is 5.97 Å². The van der Waals surface area contributed by atoms with Crippen LogP contribution < -0.4 is 4.74 Å². The van der Waals surface area contributed by atoms with E-state index in [0.717, 1.165) is 0 Å². The Morgan fingerprint density at radius 1 is 1.40 bits per heavy atom. The largest absolute Gasteiger partial charge is 0.497 e. The van der Waals surface area contributed by atoms with Crippen molar-refractivity contribution in [2.75, 3.05) is 7.11 Å². The summed E-state index contributed by atoms with van der Waals surface area (Å²) in [6, 6.07) is 5.78. The Kier molecular flexibility index (Phi) is 3.69. The Balaban J connectivity index is 2.36. The van der Waals surface area contributed by atoms with E-state index in [1.165, 1.54) is 31.4 Å². The lowest BCUT2D eigenvalue weighted by atomic mass is 9.80. The maximum absolute atomic E-state index is 13.3. The number of aliphatic carboxylic acids is 1. The van der Waals surface area contributed by atoms with Gasteiger partial charge in [0.1, 0.15) is 5.75 Å². The number of carbonyl (C=O) groups is 1. The summed E-state index contributed by atoms with van der Waals surface area (Å²) in [5.74, 6) is -4.94. The molecular formula is C14H16F2O4.